The molecule has 0 spiro atoms. The fourth-order valence-corrected chi connectivity index (χ4v) is 3.22. The van der Waals surface area contributed by atoms with Crippen LogP contribution in [0, 0.1) is 12.8 Å². The molecular weight excluding hydrogens is 268 g/mol. The average Bonchev–Trinajstić information content (AvgIpc) is 3.07. The summed E-state index contributed by atoms with van der Waals surface area (Å²) in [5.41, 5.74) is 1.89. The van der Waals surface area contributed by atoms with Gasteiger partial charge >= 0.3 is 5.97 Å². The number of hydrogen-bond acceptors (Lipinski definition) is 3. The van der Waals surface area contributed by atoms with Crippen LogP contribution in [0.15, 0.2) is 6.07 Å². The summed E-state index contributed by atoms with van der Waals surface area (Å²) in [5, 5.41) is 9.62. The highest BCUT2D eigenvalue weighted by atomic mass is 35.5. The number of benzene rings is 1. The van der Waals surface area contributed by atoms with E-state index in [4.69, 9.17) is 26.2 Å². The molecule has 1 fully saturated rings. The van der Waals surface area contributed by atoms with Crippen molar-refractivity contribution in [3.8, 4) is 11.5 Å². The van der Waals surface area contributed by atoms with Crippen LogP contribution in [-0.4, -0.2) is 17.9 Å². The third kappa shape index (κ3) is 2.25. The van der Waals surface area contributed by atoms with Gasteiger partial charge in [-0.3, -0.25) is 4.79 Å². The molecule has 3 rings (SSSR count). The molecule has 1 N–H and O–H groups in total. The van der Waals surface area contributed by atoms with Crippen molar-refractivity contribution in [3.63, 3.8) is 0 Å². The molecule has 1 aromatic rings. The molecule has 1 aliphatic carbocycles. The van der Waals surface area contributed by atoms with Gasteiger partial charge in [-0.2, -0.15) is 0 Å². The minimum Gasteiger partial charge on any atom is -0.481 e. The average molecular weight is 283 g/mol. The summed E-state index contributed by atoms with van der Waals surface area (Å²) in [4.78, 5) is 11.1. The second-order valence-corrected chi connectivity index (χ2v) is 5.57. The van der Waals surface area contributed by atoms with Gasteiger partial charge in [0.1, 0.15) is 0 Å². The van der Waals surface area contributed by atoms with Crippen molar-refractivity contribution in [2.24, 2.45) is 5.92 Å². The smallest absolute Gasteiger partial charge is 0.303 e. The van der Waals surface area contributed by atoms with Crippen LogP contribution in [0.5, 0.6) is 11.5 Å². The molecule has 0 radical (unpaired) electrons. The van der Waals surface area contributed by atoms with Crippen LogP contribution in [0.25, 0.3) is 0 Å². The molecule has 0 amide bonds. The van der Waals surface area contributed by atoms with Gasteiger partial charge < -0.3 is 14.6 Å². The first-order valence-electron chi connectivity index (χ1n) is 6.38. The summed E-state index contributed by atoms with van der Waals surface area (Å²) in [6.07, 6.45) is 2.26. The summed E-state index contributed by atoms with van der Waals surface area (Å²) >= 11 is 6.41. The monoisotopic (exact) mass is 282 g/mol. The van der Waals surface area contributed by atoms with Gasteiger partial charge in [0.05, 0.1) is 11.4 Å². The lowest BCUT2D eigenvalue weighted by molar-refractivity contribution is -0.137. The molecule has 5 heteroatoms. The molecule has 1 aromatic carbocycles. The van der Waals surface area contributed by atoms with E-state index in [1.54, 1.807) is 0 Å². The number of rotatable bonds is 4. The van der Waals surface area contributed by atoms with Crippen LogP contribution in [0.2, 0.25) is 5.02 Å². The summed E-state index contributed by atoms with van der Waals surface area (Å²) < 4.78 is 10.7. The van der Waals surface area contributed by atoms with Gasteiger partial charge in [-0.1, -0.05) is 11.6 Å². The van der Waals surface area contributed by atoms with Crippen LogP contribution in [0.3, 0.4) is 0 Å². The third-order valence-electron chi connectivity index (χ3n) is 3.81. The Morgan fingerprint density at radius 2 is 2.26 bits per heavy atom. The summed E-state index contributed by atoms with van der Waals surface area (Å²) in [6.45, 7) is 2.12. The number of hydrogen-bond donors (Lipinski definition) is 1. The van der Waals surface area contributed by atoms with Gasteiger partial charge in [-0.25, -0.2) is 0 Å². The predicted octanol–water partition coefficient (Wildman–Crippen LogP) is 3.35. The molecule has 0 bridgehead atoms. The summed E-state index contributed by atoms with van der Waals surface area (Å²) in [6, 6.07) is 1.89. The maximum absolute atomic E-state index is 11.1. The van der Waals surface area contributed by atoms with E-state index >= 15 is 0 Å². The second kappa shape index (κ2) is 4.60. The second-order valence-electron chi connectivity index (χ2n) is 5.20. The van der Waals surface area contributed by atoms with E-state index in [0.29, 0.717) is 22.4 Å². The quantitative estimate of drug-likeness (QED) is 0.920. The van der Waals surface area contributed by atoms with E-state index in [-0.39, 0.29) is 19.1 Å². The molecule has 0 saturated heterocycles. The first-order chi connectivity index (χ1) is 9.08. The fraction of sp³-hybridized carbons (Fsp3) is 0.500. The van der Waals surface area contributed by atoms with Crippen molar-refractivity contribution in [2.45, 2.75) is 32.1 Å². The Morgan fingerprint density at radius 1 is 1.53 bits per heavy atom. The van der Waals surface area contributed by atoms with Crippen molar-refractivity contribution in [3.05, 3.63) is 22.2 Å². The molecule has 1 saturated carbocycles. The number of ether oxygens (including phenoxy) is 2. The zero-order valence-corrected chi connectivity index (χ0v) is 11.4. The molecule has 1 unspecified atom stereocenters. The van der Waals surface area contributed by atoms with Gasteiger partial charge in [0.2, 0.25) is 6.79 Å². The van der Waals surface area contributed by atoms with Crippen molar-refractivity contribution in [2.75, 3.05) is 6.79 Å². The minimum atomic E-state index is -0.787. The Bertz CT molecular complexity index is 537. The lowest BCUT2D eigenvalue weighted by atomic mass is 9.87. The van der Waals surface area contributed by atoms with Gasteiger partial charge in [0, 0.05) is 0 Å². The lowest BCUT2D eigenvalue weighted by Crippen LogP contribution is -2.10. The van der Waals surface area contributed by atoms with E-state index in [9.17, 15) is 4.79 Å². The van der Waals surface area contributed by atoms with Crippen molar-refractivity contribution in [1.82, 2.24) is 0 Å². The highest BCUT2D eigenvalue weighted by molar-refractivity contribution is 6.33. The van der Waals surface area contributed by atoms with Crippen LogP contribution >= 0.6 is 11.6 Å². The first kappa shape index (κ1) is 12.6. The van der Waals surface area contributed by atoms with Gasteiger partial charge in [-0.15, -0.1) is 0 Å². The fourth-order valence-electron chi connectivity index (χ4n) is 2.78. The zero-order chi connectivity index (χ0) is 13.6. The highest BCUT2D eigenvalue weighted by Gasteiger charge is 2.37. The van der Waals surface area contributed by atoms with E-state index in [1.165, 1.54) is 0 Å². The van der Waals surface area contributed by atoms with E-state index in [1.807, 2.05) is 13.0 Å². The van der Waals surface area contributed by atoms with Crippen LogP contribution in [0.1, 0.15) is 36.3 Å². The maximum Gasteiger partial charge on any atom is 0.303 e. The number of carboxylic acid groups (broad SMARTS) is 1. The number of fused-ring (bicyclic) bond motifs is 1. The molecule has 102 valence electrons. The Balaban J connectivity index is 2.05. The molecule has 19 heavy (non-hydrogen) atoms. The Morgan fingerprint density at radius 3 is 2.89 bits per heavy atom. The normalized spacial score (nSPS) is 18.4. The van der Waals surface area contributed by atoms with Gasteiger partial charge in [-0.05, 0) is 48.8 Å². The Labute approximate surface area is 116 Å². The molecule has 2 aliphatic rings. The van der Waals surface area contributed by atoms with E-state index in [0.717, 1.165) is 24.0 Å². The number of carboxylic acids is 1. The van der Waals surface area contributed by atoms with Crippen molar-refractivity contribution in [1.29, 1.82) is 0 Å². The number of aryl methyl sites for hydroxylation is 1. The third-order valence-corrected chi connectivity index (χ3v) is 4.18. The topological polar surface area (TPSA) is 55.8 Å². The van der Waals surface area contributed by atoms with E-state index in [2.05, 4.69) is 0 Å². The maximum atomic E-state index is 11.1. The van der Waals surface area contributed by atoms with Gasteiger partial charge in [0.15, 0.2) is 11.5 Å². The SMILES string of the molecule is Cc1cc2c(c(Cl)c1C(CC(=O)O)C1CC1)OCO2. The first-order valence-corrected chi connectivity index (χ1v) is 6.76. The van der Waals surface area contributed by atoms with E-state index < -0.39 is 5.97 Å². The van der Waals surface area contributed by atoms with Crippen molar-refractivity contribution >= 4 is 17.6 Å². The molecule has 4 nitrogen and oxygen atoms in total. The lowest BCUT2D eigenvalue weighted by Gasteiger charge is -2.19. The van der Waals surface area contributed by atoms with Gasteiger partial charge in [0.25, 0.3) is 0 Å². The Hall–Kier alpha value is -1.42. The predicted molar refractivity (Wildman–Crippen MR) is 70.0 cm³/mol. The largest absolute Gasteiger partial charge is 0.481 e. The minimum absolute atomic E-state index is 0.0282. The van der Waals surface area contributed by atoms with Crippen LogP contribution < -0.4 is 9.47 Å². The summed E-state index contributed by atoms with van der Waals surface area (Å²) in [7, 11) is 0. The number of aliphatic carboxylic acids is 1. The molecular formula is C14H15ClO4. The summed E-state index contributed by atoms with van der Waals surface area (Å²) in [5.74, 6) is 0.812. The number of carbonyl (C=O) groups is 1. The van der Waals surface area contributed by atoms with Crippen molar-refractivity contribution < 1.29 is 19.4 Å². The molecule has 0 aromatic heterocycles. The van der Waals surface area contributed by atoms with Crippen LogP contribution in [-0.2, 0) is 4.79 Å². The zero-order valence-electron chi connectivity index (χ0n) is 10.6. The molecule has 1 atom stereocenters. The molecule has 1 heterocycles. The van der Waals surface area contributed by atoms with Crippen LogP contribution in [0.4, 0.5) is 0 Å². The molecule has 1 aliphatic heterocycles. The standard InChI is InChI=1S/C14H15ClO4/c1-7-4-10-14(19-6-18-10)13(15)12(7)9(5-11(16)17)8-2-3-8/h4,8-9H,2-3,5-6H2,1H3,(H,16,17). The number of halogens is 1. The Kier molecular flexibility index (Phi) is 3.05. The highest BCUT2D eigenvalue weighted by Crippen LogP contribution is 2.51.